The molecule has 0 atom stereocenters. The van der Waals surface area contributed by atoms with Crippen molar-refractivity contribution < 1.29 is 4.74 Å². The summed E-state index contributed by atoms with van der Waals surface area (Å²) in [5, 5.41) is 4.35. The van der Waals surface area contributed by atoms with Gasteiger partial charge in [-0.15, -0.1) is 0 Å². The minimum Gasteiger partial charge on any atom is -0.376 e. The van der Waals surface area contributed by atoms with Crippen molar-refractivity contribution in [2.24, 2.45) is 5.92 Å². The third kappa shape index (κ3) is 2.93. The van der Waals surface area contributed by atoms with E-state index in [0.717, 1.165) is 29.4 Å². The van der Waals surface area contributed by atoms with Crippen molar-refractivity contribution in [3.63, 3.8) is 0 Å². The van der Waals surface area contributed by atoms with Gasteiger partial charge >= 0.3 is 0 Å². The molecule has 0 aliphatic heterocycles. The normalized spacial score (nSPS) is 15.8. The van der Waals surface area contributed by atoms with Crippen molar-refractivity contribution in [1.29, 1.82) is 0 Å². The molecule has 0 amide bonds. The molecule has 1 fully saturated rings. The first kappa shape index (κ1) is 13.4. The Kier molecular flexibility index (Phi) is 4.16. The Hall–Kier alpha value is -1.61. The van der Waals surface area contributed by atoms with E-state index in [0.29, 0.717) is 6.61 Å². The molecule has 106 valence electrons. The molecule has 3 nitrogen and oxygen atoms in total. The van der Waals surface area contributed by atoms with Gasteiger partial charge in [0, 0.05) is 24.6 Å². The summed E-state index contributed by atoms with van der Waals surface area (Å²) in [7, 11) is 1.91. The number of benzene rings is 1. The number of hydrogen-bond donors (Lipinski definition) is 1. The van der Waals surface area contributed by atoms with Crippen molar-refractivity contribution in [2.75, 3.05) is 19.0 Å². The van der Waals surface area contributed by atoms with Gasteiger partial charge < -0.3 is 10.1 Å². The van der Waals surface area contributed by atoms with Crippen molar-refractivity contribution in [3.8, 4) is 0 Å². The molecule has 20 heavy (non-hydrogen) atoms. The highest BCUT2D eigenvalue weighted by Crippen LogP contribution is 2.26. The molecule has 1 N–H and O–H groups in total. The van der Waals surface area contributed by atoms with E-state index in [1.54, 1.807) is 0 Å². The van der Waals surface area contributed by atoms with Crippen LogP contribution in [0.2, 0.25) is 0 Å². The second-order valence-electron chi connectivity index (χ2n) is 5.60. The van der Waals surface area contributed by atoms with Gasteiger partial charge in [0.05, 0.1) is 12.1 Å². The van der Waals surface area contributed by atoms with E-state index in [2.05, 4.69) is 22.4 Å². The van der Waals surface area contributed by atoms with Crippen LogP contribution in [-0.2, 0) is 11.3 Å². The number of para-hydroxylation sites is 1. The van der Waals surface area contributed by atoms with Gasteiger partial charge in [-0.3, -0.25) is 0 Å². The quantitative estimate of drug-likeness (QED) is 0.892. The highest BCUT2D eigenvalue weighted by atomic mass is 16.5. The van der Waals surface area contributed by atoms with Crippen molar-refractivity contribution in [1.82, 2.24) is 4.98 Å². The zero-order valence-corrected chi connectivity index (χ0v) is 12.1. The molecule has 1 aromatic carbocycles. The fourth-order valence-electron chi connectivity index (χ4n) is 3.00. The summed E-state index contributed by atoms with van der Waals surface area (Å²) in [6.07, 6.45) is 5.39. The fourth-order valence-corrected chi connectivity index (χ4v) is 3.00. The summed E-state index contributed by atoms with van der Waals surface area (Å²) < 4.78 is 5.92. The van der Waals surface area contributed by atoms with Gasteiger partial charge in [0.25, 0.3) is 0 Å². The van der Waals surface area contributed by atoms with Crippen molar-refractivity contribution in [3.05, 3.63) is 35.9 Å². The van der Waals surface area contributed by atoms with E-state index in [-0.39, 0.29) is 0 Å². The summed E-state index contributed by atoms with van der Waals surface area (Å²) in [5.41, 5.74) is 2.17. The average molecular weight is 270 g/mol. The maximum absolute atomic E-state index is 5.92. The molecular weight excluding hydrogens is 248 g/mol. The first-order valence-electron chi connectivity index (χ1n) is 7.51. The smallest absolute Gasteiger partial charge is 0.131 e. The van der Waals surface area contributed by atoms with E-state index >= 15 is 0 Å². The minimum absolute atomic E-state index is 0.643. The number of ether oxygens (including phenoxy) is 1. The molecule has 1 aromatic heterocycles. The second kappa shape index (κ2) is 6.23. The van der Waals surface area contributed by atoms with Crippen LogP contribution in [0.25, 0.3) is 10.9 Å². The molecule has 1 saturated carbocycles. The number of hydrogen-bond acceptors (Lipinski definition) is 3. The first-order chi connectivity index (χ1) is 9.86. The third-order valence-electron chi connectivity index (χ3n) is 4.13. The topological polar surface area (TPSA) is 34.2 Å². The number of nitrogens with one attached hydrogen (secondary N) is 1. The molecule has 0 unspecified atom stereocenters. The molecule has 3 heteroatoms. The maximum Gasteiger partial charge on any atom is 0.131 e. The van der Waals surface area contributed by atoms with Gasteiger partial charge in [0.1, 0.15) is 5.82 Å². The summed E-state index contributed by atoms with van der Waals surface area (Å²) in [6.45, 7) is 1.53. The molecule has 0 saturated heterocycles. The van der Waals surface area contributed by atoms with Gasteiger partial charge in [-0.2, -0.15) is 0 Å². The first-order valence-corrected chi connectivity index (χ1v) is 7.51. The highest BCUT2D eigenvalue weighted by molar-refractivity contribution is 5.81. The lowest BCUT2D eigenvalue weighted by molar-refractivity contribution is 0.0891. The number of aromatic nitrogens is 1. The van der Waals surface area contributed by atoms with Crippen LogP contribution >= 0.6 is 0 Å². The molecule has 1 aliphatic carbocycles. The van der Waals surface area contributed by atoms with Gasteiger partial charge in [0.2, 0.25) is 0 Å². The van der Waals surface area contributed by atoms with Gasteiger partial charge in [-0.05, 0) is 30.9 Å². The Labute approximate surface area is 120 Å². The second-order valence-corrected chi connectivity index (χ2v) is 5.60. The van der Waals surface area contributed by atoms with Crippen LogP contribution in [0.15, 0.2) is 30.3 Å². The molecule has 0 radical (unpaired) electrons. The van der Waals surface area contributed by atoms with Gasteiger partial charge in [0.15, 0.2) is 0 Å². The van der Waals surface area contributed by atoms with E-state index in [1.807, 2.05) is 25.2 Å². The van der Waals surface area contributed by atoms with Crippen LogP contribution in [0, 0.1) is 5.92 Å². The van der Waals surface area contributed by atoms with Crippen molar-refractivity contribution in [2.45, 2.75) is 32.3 Å². The molecule has 1 aliphatic rings. The Bertz CT molecular complexity index is 576. The van der Waals surface area contributed by atoms with Crippen LogP contribution in [0.3, 0.4) is 0 Å². The standard InChI is InChI=1S/C17H22N2O/c1-18-17-15(12-20-11-13-6-2-3-7-13)10-14-8-4-5-9-16(14)19-17/h4-5,8-10,13H,2-3,6-7,11-12H2,1H3,(H,18,19). The number of rotatable bonds is 5. The third-order valence-corrected chi connectivity index (χ3v) is 4.13. The van der Waals surface area contributed by atoms with Crippen LogP contribution in [0.4, 0.5) is 5.82 Å². The Morgan fingerprint density at radius 1 is 1.25 bits per heavy atom. The summed E-state index contributed by atoms with van der Waals surface area (Å²) in [5.74, 6) is 1.69. The zero-order chi connectivity index (χ0) is 13.8. The fraction of sp³-hybridized carbons (Fsp3) is 0.471. The van der Waals surface area contributed by atoms with Crippen LogP contribution in [0.5, 0.6) is 0 Å². The summed E-state index contributed by atoms with van der Waals surface area (Å²) in [4.78, 5) is 4.65. The number of pyridine rings is 1. The van der Waals surface area contributed by atoms with Gasteiger partial charge in [-0.1, -0.05) is 31.0 Å². The SMILES string of the molecule is CNc1nc2ccccc2cc1COCC1CCCC1. The Balaban J connectivity index is 1.72. The molecule has 1 heterocycles. The molecule has 0 bridgehead atoms. The van der Waals surface area contributed by atoms with Crippen LogP contribution in [0.1, 0.15) is 31.2 Å². The molecule has 3 rings (SSSR count). The lowest BCUT2D eigenvalue weighted by Crippen LogP contribution is -2.07. The van der Waals surface area contributed by atoms with E-state index < -0.39 is 0 Å². The lowest BCUT2D eigenvalue weighted by Gasteiger charge is -2.13. The summed E-state index contributed by atoms with van der Waals surface area (Å²) >= 11 is 0. The Morgan fingerprint density at radius 2 is 2.05 bits per heavy atom. The van der Waals surface area contributed by atoms with Crippen molar-refractivity contribution >= 4 is 16.7 Å². The van der Waals surface area contributed by atoms with Crippen LogP contribution < -0.4 is 5.32 Å². The van der Waals surface area contributed by atoms with Gasteiger partial charge in [-0.25, -0.2) is 4.98 Å². The molecule has 0 spiro atoms. The predicted octanol–water partition coefficient (Wildman–Crippen LogP) is 3.98. The predicted molar refractivity (Wildman–Crippen MR) is 82.9 cm³/mol. The number of fused-ring (bicyclic) bond motifs is 1. The average Bonchev–Trinajstić information content (AvgIpc) is 3.00. The number of anilines is 1. The van der Waals surface area contributed by atoms with E-state index in [4.69, 9.17) is 4.74 Å². The zero-order valence-electron chi connectivity index (χ0n) is 12.1. The Morgan fingerprint density at radius 3 is 2.85 bits per heavy atom. The highest BCUT2D eigenvalue weighted by Gasteiger charge is 2.15. The lowest BCUT2D eigenvalue weighted by atomic mass is 10.1. The minimum atomic E-state index is 0.643. The number of nitrogens with zero attached hydrogens (tertiary/aromatic N) is 1. The van der Waals surface area contributed by atoms with E-state index in [1.165, 1.54) is 31.1 Å². The maximum atomic E-state index is 5.92. The van der Waals surface area contributed by atoms with E-state index in [9.17, 15) is 0 Å². The monoisotopic (exact) mass is 270 g/mol. The molecule has 2 aromatic rings. The van der Waals surface area contributed by atoms with Crippen LogP contribution in [-0.4, -0.2) is 18.6 Å². The largest absolute Gasteiger partial charge is 0.376 e. The summed E-state index contributed by atoms with van der Waals surface area (Å²) in [6, 6.07) is 10.4. The molecular formula is C17H22N2O.